The van der Waals surface area contributed by atoms with E-state index >= 15 is 0 Å². The van der Waals surface area contributed by atoms with E-state index in [0.717, 1.165) is 26.2 Å². The Kier molecular flexibility index (Phi) is 5.38. The quantitative estimate of drug-likeness (QED) is 0.891. The fourth-order valence-electron chi connectivity index (χ4n) is 3.11. The van der Waals surface area contributed by atoms with E-state index in [1.807, 2.05) is 31.2 Å². The summed E-state index contributed by atoms with van der Waals surface area (Å²) in [5.41, 5.74) is 1.93. The van der Waals surface area contributed by atoms with Crippen molar-refractivity contribution in [3.8, 4) is 0 Å². The number of amides is 1. The molecule has 1 fully saturated rings. The van der Waals surface area contributed by atoms with Gasteiger partial charge in [-0.1, -0.05) is 41.9 Å². The Labute approximate surface area is 148 Å². The molecule has 0 aromatic heterocycles. The van der Waals surface area contributed by atoms with Gasteiger partial charge in [0.15, 0.2) is 6.04 Å². The predicted octanol–water partition coefficient (Wildman–Crippen LogP) is 2.07. The summed E-state index contributed by atoms with van der Waals surface area (Å²) in [5.74, 6) is 0.0197. The lowest BCUT2D eigenvalue weighted by Crippen LogP contribution is -3.19. The third-order valence-corrected chi connectivity index (χ3v) is 4.99. The first kappa shape index (κ1) is 16.8. The molecular formula is C19H23ClN3O+. The maximum atomic E-state index is 12.5. The average Bonchev–Trinajstić information content (AvgIpc) is 2.64. The zero-order valence-electron chi connectivity index (χ0n) is 13.8. The van der Waals surface area contributed by atoms with Crippen LogP contribution in [0.4, 0.5) is 11.4 Å². The van der Waals surface area contributed by atoms with Crippen molar-refractivity contribution in [2.75, 3.05) is 36.4 Å². The van der Waals surface area contributed by atoms with E-state index in [-0.39, 0.29) is 11.9 Å². The lowest BCUT2D eigenvalue weighted by molar-refractivity contribution is -0.914. The van der Waals surface area contributed by atoms with Crippen molar-refractivity contribution in [3.63, 3.8) is 0 Å². The lowest BCUT2D eigenvalue weighted by Gasteiger charge is -2.36. The smallest absolute Gasteiger partial charge is 0.282 e. The molecule has 5 heteroatoms. The lowest BCUT2D eigenvalue weighted by atomic mass is 10.2. The number of benzene rings is 2. The van der Waals surface area contributed by atoms with Gasteiger partial charge in [0, 0.05) is 5.69 Å². The molecule has 1 amide bonds. The maximum absolute atomic E-state index is 12.5. The summed E-state index contributed by atoms with van der Waals surface area (Å²) in [5, 5.41) is 3.52. The Hall–Kier alpha value is -2.04. The Morgan fingerprint density at radius 3 is 2.38 bits per heavy atom. The molecule has 24 heavy (non-hydrogen) atoms. The van der Waals surface area contributed by atoms with Crippen LogP contribution in [0.1, 0.15) is 6.92 Å². The van der Waals surface area contributed by atoms with Gasteiger partial charge in [-0.3, -0.25) is 4.79 Å². The van der Waals surface area contributed by atoms with Gasteiger partial charge in [0.2, 0.25) is 0 Å². The number of para-hydroxylation sites is 2. The molecule has 0 aliphatic carbocycles. The number of hydrogen-bond donors (Lipinski definition) is 2. The SMILES string of the molecule is C[C@H](C(=O)Nc1ccccc1Cl)[NH+]1CCN(c2ccccc2)CC1. The molecule has 1 heterocycles. The number of nitrogens with zero attached hydrogens (tertiary/aromatic N) is 1. The number of anilines is 2. The monoisotopic (exact) mass is 344 g/mol. The third kappa shape index (κ3) is 3.89. The summed E-state index contributed by atoms with van der Waals surface area (Å²) < 4.78 is 0. The molecule has 4 nitrogen and oxygen atoms in total. The Balaban J connectivity index is 1.56. The highest BCUT2D eigenvalue weighted by molar-refractivity contribution is 6.33. The highest BCUT2D eigenvalue weighted by Crippen LogP contribution is 2.20. The summed E-state index contributed by atoms with van der Waals surface area (Å²) in [6.07, 6.45) is 0. The second kappa shape index (κ2) is 7.69. The van der Waals surface area contributed by atoms with E-state index in [9.17, 15) is 4.79 Å². The Morgan fingerprint density at radius 1 is 1.08 bits per heavy atom. The van der Waals surface area contributed by atoms with Crippen molar-refractivity contribution in [2.45, 2.75) is 13.0 Å². The van der Waals surface area contributed by atoms with E-state index in [1.165, 1.54) is 10.6 Å². The molecule has 126 valence electrons. The molecule has 1 saturated heterocycles. The third-order valence-electron chi connectivity index (χ3n) is 4.66. The van der Waals surface area contributed by atoms with E-state index in [2.05, 4.69) is 34.5 Å². The molecule has 1 aliphatic rings. The van der Waals surface area contributed by atoms with Gasteiger partial charge < -0.3 is 15.1 Å². The van der Waals surface area contributed by atoms with Crippen LogP contribution in [0.25, 0.3) is 0 Å². The average molecular weight is 345 g/mol. The van der Waals surface area contributed by atoms with E-state index in [0.29, 0.717) is 10.7 Å². The van der Waals surface area contributed by atoms with Crippen LogP contribution in [0.2, 0.25) is 5.02 Å². The van der Waals surface area contributed by atoms with Gasteiger partial charge in [-0.05, 0) is 31.2 Å². The van der Waals surface area contributed by atoms with Crippen LogP contribution < -0.4 is 15.1 Å². The molecule has 0 saturated carbocycles. The van der Waals surface area contributed by atoms with Crippen molar-refractivity contribution in [1.29, 1.82) is 0 Å². The molecule has 0 unspecified atom stereocenters. The topological polar surface area (TPSA) is 36.8 Å². The van der Waals surface area contributed by atoms with Crippen LogP contribution in [-0.4, -0.2) is 38.1 Å². The van der Waals surface area contributed by atoms with Crippen molar-refractivity contribution in [1.82, 2.24) is 0 Å². The number of piperazine rings is 1. The molecule has 0 bridgehead atoms. The highest BCUT2D eigenvalue weighted by Gasteiger charge is 2.29. The molecule has 2 N–H and O–H groups in total. The minimum Gasteiger partial charge on any atom is -0.360 e. The first-order valence-corrected chi connectivity index (χ1v) is 8.73. The van der Waals surface area contributed by atoms with Crippen molar-refractivity contribution in [2.24, 2.45) is 0 Å². The largest absolute Gasteiger partial charge is 0.360 e. The van der Waals surface area contributed by atoms with Crippen LogP contribution >= 0.6 is 11.6 Å². The number of carbonyl (C=O) groups is 1. The number of quaternary nitrogens is 1. The maximum Gasteiger partial charge on any atom is 0.282 e. The van der Waals surface area contributed by atoms with E-state index in [1.54, 1.807) is 6.07 Å². The normalized spacial score (nSPS) is 16.7. The molecule has 2 aromatic carbocycles. The number of rotatable bonds is 4. The van der Waals surface area contributed by atoms with E-state index < -0.39 is 0 Å². The van der Waals surface area contributed by atoms with Gasteiger partial charge >= 0.3 is 0 Å². The predicted molar refractivity (Wildman–Crippen MR) is 98.9 cm³/mol. The second-order valence-electron chi connectivity index (χ2n) is 6.17. The van der Waals surface area contributed by atoms with Crippen LogP contribution in [0.5, 0.6) is 0 Å². The molecule has 2 aromatic rings. The fraction of sp³-hybridized carbons (Fsp3) is 0.316. The summed E-state index contributed by atoms with van der Waals surface area (Å²) in [6, 6.07) is 17.7. The van der Waals surface area contributed by atoms with Gasteiger partial charge in [-0.25, -0.2) is 0 Å². The summed E-state index contributed by atoms with van der Waals surface area (Å²) in [4.78, 5) is 16.2. The number of nitrogens with one attached hydrogen (secondary N) is 2. The van der Waals surface area contributed by atoms with Crippen LogP contribution in [0.3, 0.4) is 0 Å². The molecule has 0 spiro atoms. The first-order chi connectivity index (χ1) is 11.6. The summed E-state index contributed by atoms with van der Waals surface area (Å²) in [7, 11) is 0. The van der Waals surface area contributed by atoms with Gasteiger partial charge in [-0.15, -0.1) is 0 Å². The summed E-state index contributed by atoms with van der Waals surface area (Å²) in [6.45, 7) is 5.81. The molecule has 1 aliphatic heterocycles. The molecular weight excluding hydrogens is 322 g/mol. The fourth-order valence-corrected chi connectivity index (χ4v) is 3.30. The number of carbonyl (C=O) groups excluding carboxylic acids is 1. The number of halogens is 1. The Bertz CT molecular complexity index is 684. The van der Waals surface area contributed by atoms with Gasteiger partial charge in [0.1, 0.15) is 0 Å². The summed E-state index contributed by atoms with van der Waals surface area (Å²) >= 11 is 6.12. The zero-order chi connectivity index (χ0) is 16.9. The van der Waals surface area contributed by atoms with E-state index in [4.69, 9.17) is 11.6 Å². The van der Waals surface area contributed by atoms with Crippen molar-refractivity contribution in [3.05, 3.63) is 59.6 Å². The second-order valence-corrected chi connectivity index (χ2v) is 6.58. The van der Waals surface area contributed by atoms with Crippen LogP contribution in [0, 0.1) is 0 Å². The molecule has 0 radical (unpaired) electrons. The van der Waals surface area contributed by atoms with Gasteiger partial charge in [0.25, 0.3) is 5.91 Å². The molecule has 1 atom stereocenters. The Morgan fingerprint density at radius 2 is 1.71 bits per heavy atom. The molecule has 3 rings (SSSR count). The van der Waals surface area contributed by atoms with Crippen molar-refractivity contribution < 1.29 is 9.69 Å². The zero-order valence-corrected chi connectivity index (χ0v) is 14.6. The standard InChI is InChI=1S/C19H22ClN3O/c1-15(19(24)21-18-10-6-5-9-17(18)20)22-11-13-23(14-12-22)16-7-3-2-4-8-16/h2-10,15H,11-14H2,1H3,(H,21,24)/p+1/t15-/m1/s1. The van der Waals surface area contributed by atoms with Crippen LogP contribution in [0.15, 0.2) is 54.6 Å². The highest BCUT2D eigenvalue weighted by atomic mass is 35.5. The van der Waals surface area contributed by atoms with Gasteiger partial charge in [0.05, 0.1) is 36.9 Å². The number of hydrogen-bond acceptors (Lipinski definition) is 2. The minimum absolute atomic E-state index is 0.0197. The van der Waals surface area contributed by atoms with Crippen LogP contribution in [-0.2, 0) is 4.79 Å². The van der Waals surface area contributed by atoms with Crippen molar-refractivity contribution >= 4 is 28.9 Å². The minimum atomic E-state index is -0.0980. The first-order valence-electron chi connectivity index (χ1n) is 8.35. The van der Waals surface area contributed by atoms with Gasteiger partial charge in [-0.2, -0.15) is 0 Å².